The molecule has 0 aliphatic heterocycles. The molecule has 0 aliphatic carbocycles. The summed E-state index contributed by atoms with van der Waals surface area (Å²) in [7, 11) is 0. The second kappa shape index (κ2) is 7.07. The number of hydrogen-bond acceptors (Lipinski definition) is 3. The molecule has 17 heavy (non-hydrogen) atoms. The minimum Gasteiger partial charge on any atom is -0.461 e. The van der Waals surface area contributed by atoms with E-state index >= 15 is 0 Å². The number of carbonyl (C=O) groups excluding carboxylic acids is 1. The predicted octanol–water partition coefficient (Wildman–Crippen LogP) is 2.46. The molecule has 0 saturated carbocycles. The van der Waals surface area contributed by atoms with Gasteiger partial charge >= 0.3 is 5.97 Å². The number of nitrogens with one attached hydrogen (secondary N) is 1. The lowest BCUT2D eigenvalue weighted by Gasteiger charge is -2.07. The second-order valence-electron chi connectivity index (χ2n) is 4.18. The summed E-state index contributed by atoms with van der Waals surface area (Å²) in [5.74, 6) is -0.244. The summed E-state index contributed by atoms with van der Waals surface area (Å²) in [6.45, 7) is 8.22. The Morgan fingerprint density at radius 3 is 2.65 bits per heavy atom. The zero-order valence-corrected chi connectivity index (χ0v) is 10.9. The highest BCUT2D eigenvalue weighted by molar-refractivity contribution is 5.89. The third kappa shape index (κ3) is 4.57. The number of benzene rings is 1. The number of carbonyl (C=O) groups is 1. The van der Waals surface area contributed by atoms with E-state index in [9.17, 15) is 4.79 Å². The van der Waals surface area contributed by atoms with Crippen molar-refractivity contribution < 1.29 is 9.53 Å². The Labute approximate surface area is 103 Å². The van der Waals surface area contributed by atoms with Crippen molar-refractivity contribution in [1.82, 2.24) is 5.32 Å². The average molecular weight is 235 g/mol. The molecular formula is C14H21NO2. The van der Waals surface area contributed by atoms with Crippen molar-refractivity contribution in [2.24, 2.45) is 0 Å². The predicted molar refractivity (Wildman–Crippen MR) is 69.4 cm³/mol. The van der Waals surface area contributed by atoms with Crippen LogP contribution in [-0.2, 0) is 4.74 Å². The summed E-state index contributed by atoms with van der Waals surface area (Å²) in [5.41, 5.74) is 2.93. The maximum Gasteiger partial charge on any atom is 0.338 e. The summed E-state index contributed by atoms with van der Waals surface area (Å²) in [4.78, 5) is 11.7. The highest BCUT2D eigenvalue weighted by atomic mass is 16.5. The van der Waals surface area contributed by atoms with Gasteiger partial charge in [-0.1, -0.05) is 13.0 Å². The molecule has 0 aliphatic rings. The Kier molecular flexibility index (Phi) is 5.70. The first kappa shape index (κ1) is 13.7. The lowest BCUT2D eigenvalue weighted by atomic mass is 10.1. The van der Waals surface area contributed by atoms with Gasteiger partial charge in [0.15, 0.2) is 0 Å². The molecule has 0 heterocycles. The van der Waals surface area contributed by atoms with Crippen molar-refractivity contribution in [2.45, 2.75) is 27.2 Å². The molecule has 0 radical (unpaired) electrons. The fourth-order valence-corrected chi connectivity index (χ4v) is 1.47. The third-order valence-corrected chi connectivity index (χ3v) is 2.68. The summed E-state index contributed by atoms with van der Waals surface area (Å²) in [6.07, 6.45) is 1.09. The van der Waals surface area contributed by atoms with E-state index in [4.69, 9.17) is 4.74 Å². The zero-order chi connectivity index (χ0) is 12.7. The molecule has 0 aromatic heterocycles. The standard InChI is InChI=1S/C14H21NO2/c1-4-7-15-8-9-17-14(16)13-6-5-11(2)12(3)10-13/h5-6,10,15H,4,7-9H2,1-3H3. The molecule has 0 spiro atoms. The molecule has 0 atom stereocenters. The molecule has 1 aromatic carbocycles. The lowest BCUT2D eigenvalue weighted by Crippen LogP contribution is -2.22. The molecule has 0 fully saturated rings. The quantitative estimate of drug-likeness (QED) is 0.608. The molecule has 1 aromatic rings. The Morgan fingerprint density at radius 1 is 1.24 bits per heavy atom. The Bertz CT molecular complexity index is 374. The van der Waals surface area contributed by atoms with Crippen molar-refractivity contribution in [3.8, 4) is 0 Å². The molecular weight excluding hydrogens is 214 g/mol. The van der Waals surface area contributed by atoms with E-state index < -0.39 is 0 Å². The molecule has 94 valence electrons. The van der Waals surface area contributed by atoms with Gasteiger partial charge in [0.25, 0.3) is 0 Å². The van der Waals surface area contributed by atoms with E-state index in [-0.39, 0.29) is 5.97 Å². The zero-order valence-electron chi connectivity index (χ0n) is 10.9. The molecule has 1 N–H and O–H groups in total. The number of esters is 1. The first-order valence-corrected chi connectivity index (χ1v) is 6.10. The van der Waals surface area contributed by atoms with Crippen LogP contribution in [0.15, 0.2) is 18.2 Å². The second-order valence-corrected chi connectivity index (χ2v) is 4.18. The van der Waals surface area contributed by atoms with E-state index in [1.807, 2.05) is 32.0 Å². The van der Waals surface area contributed by atoms with Crippen LogP contribution in [0.3, 0.4) is 0 Å². The fraction of sp³-hybridized carbons (Fsp3) is 0.500. The lowest BCUT2D eigenvalue weighted by molar-refractivity contribution is 0.0508. The van der Waals surface area contributed by atoms with Gasteiger partial charge < -0.3 is 10.1 Å². The van der Waals surface area contributed by atoms with E-state index in [0.717, 1.165) is 18.5 Å². The molecule has 0 unspecified atom stereocenters. The van der Waals surface area contributed by atoms with Crippen LogP contribution in [0.4, 0.5) is 0 Å². The van der Waals surface area contributed by atoms with Crippen LogP contribution in [0.5, 0.6) is 0 Å². The topological polar surface area (TPSA) is 38.3 Å². The highest BCUT2D eigenvalue weighted by Crippen LogP contribution is 2.10. The van der Waals surface area contributed by atoms with Crippen LogP contribution >= 0.6 is 0 Å². The minimum atomic E-state index is -0.244. The number of hydrogen-bond donors (Lipinski definition) is 1. The van der Waals surface area contributed by atoms with E-state index in [2.05, 4.69) is 12.2 Å². The smallest absolute Gasteiger partial charge is 0.338 e. The van der Waals surface area contributed by atoms with Crippen molar-refractivity contribution in [3.05, 3.63) is 34.9 Å². The first-order valence-electron chi connectivity index (χ1n) is 6.10. The van der Waals surface area contributed by atoms with Crippen LogP contribution in [0.2, 0.25) is 0 Å². The van der Waals surface area contributed by atoms with Crippen molar-refractivity contribution >= 4 is 5.97 Å². The van der Waals surface area contributed by atoms with Gasteiger partial charge in [-0.3, -0.25) is 0 Å². The molecule has 3 heteroatoms. The van der Waals surface area contributed by atoms with Crippen LogP contribution < -0.4 is 5.32 Å². The Morgan fingerprint density at radius 2 is 2.00 bits per heavy atom. The average Bonchev–Trinajstić information content (AvgIpc) is 2.32. The van der Waals surface area contributed by atoms with Crippen molar-refractivity contribution in [2.75, 3.05) is 19.7 Å². The van der Waals surface area contributed by atoms with Crippen LogP contribution in [-0.4, -0.2) is 25.7 Å². The maximum atomic E-state index is 11.7. The highest BCUT2D eigenvalue weighted by Gasteiger charge is 2.07. The van der Waals surface area contributed by atoms with Gasteiger partial charge in [-0.2, -0.15) is 0 Å². The molecule has 1 rings (SSSR count). The number of aryl methyl sites for hydroxylation is 2. The van der Waals surface area contributed by atoms with Crippen molar-refractivity contribution in [1.29, 1.82) is 0 Å². The van der Waals surface area contributed by atoms with Gasteiger partial charge in [-0.25, -0.2) is 4.79 Å². The molecule has 0 amide bonds. The monoisotopic (exact) mass is 235 g/mol. The van der Waals surface area contributed by atoms with E-state index in [0.29, 0.717) is 18.7 Å². The van der Waals surface area contributed by atoms with E-state index in [1.165, 1.54) is 5.56 Å². The maximum absolute atomic E-state index is 11.7. The summed E-state index contributed by atoms with van der Waals surface area (Å²) >= 11 is 0. The van der Waals surface area contributed by atoms with Crippen LogP contribution in [0.25, 0.3) is 0 Å². The number of ether oxygens (including phenoxy) is 1. The SMILES string of the molecule is CCCNCCOC(=O)c1ccc(C)c(C)c1. The Hall–Kier alpha value is -1.35. The van der Waals surface area contributed by atoms with Gasteiger partial charge in [0.05, 0.1) is 5.56 Å². The van der Waals surface area contributed by atoms with Crippen molar-refractivity contribution in [3.63, 3.8) is 0 Å². The normalized spacial score (nSPS) is 10.3. The Balaban J connectivity index is 2.39. The molecule has 3 nitrogen and oxygen atoms in total. The van der Waals surface area contributed by atoms with Gasteiger partial charge in [0, 0.05) is 6.54 Å². The van der Waals surface area contributed by atoms with Crippen LogP contribution in [0.1, 0.15) is 34.8 Å². The summed E-state index contributed by atoms with van der Waals surface area (Å²) < 4.78 is 5.17. The molecule has 0 saturated heterocycles. The first-order chi connectivity index (χ1) is 8.15. The van der Waals surface area contributed by atoms with Gasteiger partial charge in [0.2, 0.25) is 0 Å². The summed E-state index contributed by atoms with van der Waals surface area (Å²) in [5, 5.41) is 3.19. The number of rotatable bonds is 6. The largest absolute Gasteiger partial charge is 0.461 e. The van der Waals surface area contributed by atoms with Crippen LogP contribution in [0, 0.1) is 13.8 Å². The van der Waals surface area contributed by atoms with E-state index in [1.54, 1.807) is 0 Å². The van der Waals surface area contributed by atoms with Gasteiger partial charge in [-0.05, 0) is 50.1 Å². The summed E-state index contributed by atoms with van der Waals surface area (Å²) in [6, 6.07) is 5.63. The third-order valence-electron chi connectivity index (χ3n) is 2.68. The van der Waals surface area contributed by atoms with Gasteiger partial charge in [-0.15, -0.1) is 0 Å². The molecule has 0 bridgehead atoms. The minimum absolute atomic E-state index is 0.244. The fourth-order valence-electron chi connectivity index (χ4n) is 1.47. The van der Waals surface area contributed by atoms with Gasteiger partial charge in [0.1, 0.15) is 6.61 Å².